The van der Waals surface area contributed by atoms with Gasteiger partial charge < -0.3 is 15.7 Å². The van der Waals surface area contributed by atoms with Gasteiger partial charge in [0, 0.05) is 12.1 Å². The molecule has 1 fully saturated rings. The maximum Gasteiger partial charge on any atom is 0.328 e. The van der Waals surface area contributed by atoms with E-state index in [0.717, 1.165) is 10.5 Å². The van der Waals surface area contributed by atoms with Crippen molar-refractivity contribution in [3.63, 3.8) is 0 Å². The van der Waals surface area contributed by atoms with E-state index >= 15 is 0 Å². The second-order valence-electron chi connectivity index (χ2n) is 6.70. The Kier molecular flexibility index (Phi) is 4.87. The number of benzene rings is 2. The van der Waals surface area contributed by atoms with Gasteiger partial charge in [0.05, 0.1) is 0 Å². The molecule has 0 aliphatic carbocycles. The molecule has 0 bridgehead atoms. The number of imide groups is 1. The fraction of sp³-hybridized carbons (Fsp3) is 0.200. The highest BCUT2D eigenvalue weighted by atomic mass is 16.4. The van der Waals surface area contributed by atoms with Crippen molar-refractivity contribution in [3.05, 3.63) is 71.3 Å². The number of nitrogen functional groups attached to an aromatic ring is 1. The van der Waals surface area contributed by atoms with E-state index in [1.54, 1.807) is 31.2 Å². The van der Waals surface area contributed by atoms with Crippen LogP contribution in [0.5, 0.6) is 0 Å². The molecule has 1 saturated heterocycles. The zero-order valence-corrected chi connectivity index (χ0v) is 15.3. The molecule has 1 aliphatic heterocycles. The zero-order valence-electron chi connectivity index (χ0n) is 15.3. The first-order valence-electron chi connectivity index (χ1n) is 8.59. The Morgan fingerprint density at radius 2 is 1.71 bits per heavy atom. The molecule has 8 nitrogen and oxygen atoms in total. The van der Waals surface area contributed by atoms with Gasteiger partial charge in [-0.2, -0.15) is 0 Å². The lowest BCUT2D eigenvalue weighted by Crippen LogP contribution is -2.44. The van der Waals surface area contributed by atoms with Crippen LogP contribution in [-0.4, -0.2) is 45.2 Å². The van der Waals surface area contributed by atoms with Crippen molar-refractivity contribution in [3.8, 4) is 0 Å². The number of aliphatic carboxylic acids is 1. The lowest BCUT2D eigenvalue weighted by atomic mass is 9.89. The molecule has 8 heteroatoms. The summed E-state index contributed by atoms with van der Waals surface area (Å²) < 4.78 is 0. The van der Waals surface area contributed by atoms with Crippen molar-refractivity contribution in [1.82, 2.24) is 9.80 Å². The summed E-state index contributed by atoms with van der Waals surface area (Å²) in [5.41, 5.74) is 5.92. The van der Waals surface area contributed by atoms with Gasteiger partial charge in [-0.05, 0) is 18.1 Å². The Hall–Kier alpha value is -3.68. The van der Waals surface area contributed by atoms with Crippen LogP contribution in [0.2, 0.25) is 0 Å². The van der Waals surface area contributed by atoms with Gasteiger partial charge in [0.1, 0.15) is 17.9 Å². The molecule has 0 spiro atoms. The molecule has 0 unspecified atom stereocenters. The number of carbonyl (C=O) groups is 3. The van der Waals surface area contributed by atoms with E-state index in [4.69, 9.17) is 16.2 Å². The molecule has 0 saturated carbocycles. The van der Waals surface area contributed by atoms with E-state index in [1.165, 1.54) is 4.90 Å². The number of urea groups is 1. The Bertz CT molecular complexity index is 942. The summed E-state index contributed by atoms with van der Waals surface area (Å²) in [6.07, 6.45) is 0. The summed E-state index contributed by atoms with van der Waals surface area (Å²) in [4.78, 5) is 39.4. The van der Waals surface area contributed by atoms with Crippen LogP contribution in [0.15, 0.2) is 54.6 Å². The number of carboxylic acids is 1. The standard InChI is InChI=1S/C20H20N4O4/c1-20(15-9-7-14(8-10-15)17(21)22)18(27)23(12-16(25)26)19(28)24(20)11-13-5-3-2-4-6-13/h2-10H,11-12H2,1H3,(H3,21,22)(H,25,26)/t20-/m0/s1. The highest BCUT2D eigenvalue weighted by Crippen LogP contribution is 2.38. The number of hydrogen-bond acceptors (Lipinski definition) is 4. The third kappa shape index (κ3) is 3.20. The smallest absolute Gasteiger partial charge is 0.328 e. The Morgan fingerprint density at radius 3 is 2.25 bits per heavy atom. The van der Waals surface area contributed by atoms with Gasteiger partial charge in [-0.15, -0.1) is 0 Å². The second-order valence-corrected chi connectivity index (χ2v) is 6.70. The number of carbonyl (C=O) groups excluding carboxylic acids is 2. The van der Waals surface area contributed by atoms with Crippen LogP contribution in [-0.2, 0) is 21.7 Å². The monoisotopic (exact) mass is 380 g/mol. The van der Waals surface area contributed by atoms with E-state index in [0.29, 0.717) is 11.1 Å². The molecular weight excluding hydrogens is 360 g/mol. The average molecular weight is 380 g/mol. The number of nitrogens with one attached hydrogen (secondary N) is 1. The summed E-state index contributed by atoms with van der Waals surface area (Å²) >= 11 is 0. The Balaban J connectivity index is 2.06. The minimum Gasteiger partial charge on any atom is -0.480 e. The van der Waals surface area contributed by atoms with E-state index < -0.39 is 30.0 Å². The van der Waals surface area contributed by atoms with Gasteiger partial charge in [-0.1, -0.05) is 54.6 Å². The number of nitrogens with zero attached hydrogens (tertiary/aromatic N) is 2. The average Bonchev–Trinajstić information content (AvgIpc) is 2.85. The van der Waals surface area contributed by atoms with Crippen molar-refractivity contribution >= 4 is 23.7 Å². The second kappa shape index (κ2) is 7.15. The first-order chi connectivity index (χ1) is 13.2. The van der Waals surface area contributed by atoms with Crippen LogP contribution < -0.4 is 5.73 Å². The number of amides is 3. The highest BCUT2D eigenvalue weighted by molar-refractivity contribution is 6.08. The number of amidine groups is 1. The minimum absolute atomic E-state index is 0.112. The van der Waals surface area contributed by atoms with Crippen LogP contribution in [0.25, 0.3) is 0 Å². The maximum atomic E-state index is 13.1. The molecule has 144 valence electrons. The zero-order chi connectivity index (χ0) is 20.5. The van der Waals surface area contributed by atoms with Crippen molar-refractivity contribution < 1.29 is 19.5 Å². The number of nitrogens with two attached hydrogens (primary N) is 1. The molecule has 3 amide bonds. The lowest BCUT2D eigenvalue weighted by molar-refractivity contribution is -0.143. The number of hydrogen-bond donors (Lipinski definition) is 3. The first kappa shape index (κ1) is 19.1. The first-order valence-corrected chi connectivity index (χ1v) is 8.59. The minimum atomic E-state index is -1.38. The van der Waals surface area contributed by atoms with Crippen LogP contribution in [0, 0.1) is 5.41 Å². The van der Waals surface area contributed by atoms with E-state index in [-0.39, 0.29) is 12.4 Å². The molecule has 1 atom stereocenters. The summed E-state index contributed by atoms with van der Waals surface area (Å²) in [5.74, 6) is -1.98. The molecule has 28 heavy (non-hydrogen) atoms. The van der Waals surface area contributed by atoms with Gasteiger partial charge in [0.15, 0.2) is 0 Å². The van der Waals surface area contributed by atoms with Gasteiger partial charge in [-0.25, -0.2) is 4.79 Å². The van der Waals surface area contributed by atoms with Gasteiger partial charge in [0.2, 0.25) is 0 Å². The third-order valence-electron chi connectivity index (χ3n) is 4.90. The molecule has 2 aromatic rings. The lowest BCUT2D eigenvalue weighted by Gasteiger charge is -2.32. The van der Waals surface area contributed by atoms with Gasteiger partial charge in [0.25, 0.3) is 5.91 Å². The van der Waals surface area contributed by atoms with Crippen molar-refractivity contribution in [2.75, 3.05) is 6.54 Å². The molecule has 0 aromatic heterocycles. The molecule has 2 aromatic carbocycles. The van der Waals surface area contributed by atoms with Crippen molar-refractivity contribution in [1.29, 1.82) is 5.41 Å². The van der Waals surface area contributed by atoms with Gasteiger partial charge in [-0.3, -0.25) is 19.9 Å². The molecule has 0 radical (unpaired) electrons. The predicted molar refractivity (Wildman–Crippen MR) is 102 cm³/mol. The Labute approximate surface area is 161 Å². The number of rotatable bonds is 6. The molecule has 1 aliphatic rings. The van der Waals surface area contributed by atoms with Crippen LogP contribution in [0.1, 0.15) is 23.6 Å². The fourth-order valence-corrected chi connectivity index (χ4v) is 3.32. The molecule has 1 heterocycles. The summed E-state index contributed by atoms with van der Waals surface area (Å²) in [6.45, 7) is 1.04. The topological polar surface area (TPSA) is 128 Å². The fourth-order valence-electron chi connectivity index (χ4n) is 3.32. The maximum absolute atomic E-state index is 13.1. The Morgan fingerprint density at radius 1 is 1.11 bits per heavy atom. The molecular formula is C20H20N4O4. The van der Waals surface area contributed by atoms with Crippen LogP contribution in [0.3, 0.4) is 0 Å². The molecule has 4 N–H and O–H groups in total. The SMILES string of the molecule is C[C@]1(c2ccc(C(=N)N)cc2)C(=O)N(CC(=O)O)C(=O)N1Cc1ccccc1. The highest BCUT2D eigenvalue weighted by Gasteiger charge is 2.55. The van der Waals surface area contributed by atoms with E-state index in [1.807, 2.05) is 30.3 Å². The molecule has 3 rings (SSSR count). The summed E-state index contributed by atoms with van der Waals surface area (Å²) in [7, 11) is 0. The van der Waals surface area contributed by atoms with Crippen LogP contribution in [0.4, 0.5) is 4.79 Å². The quantitative estimate of drug-likeness (QED) is 0.399. The van der Waals surface area contributed by atoms with Gasteiger partial charge >= 0.3 is 12.0 Å². The number of carboxylic acid groups (broad SMARTS) is 1. The normalized spacial score (nSPS) is 19.2. The third-order valence-corrected chi connectivity index (χ3v) is 4.90. The summed E-state index contributed by atoms with van der Waals surface area (Å²) in [5, 5.41) is 16.6. The van der Waals surface area contributed by atoms with E-state index in [2.05, 4.69) is 0 Å². The summed E-state index contributed by atoms with van der Waals surface area (Å²) in [6, 6.07) is 15.0. The predicted octanol–water partition coefficient (Wildman–Crippen LogP) is 1.73. The van der Waals surface area contributed by atoms with Crippen LogP contribution >= 0.6 is 0 Å². The van der Waals surface area contributed by atoms with Crippen molar-refractivity contribution in [2.24, 2.45) is 5.73 Å². The van der Waals surface area contributed by atoms with E-state index in [9.17, 15) is 14.4 Å². The van der Waals surface area contributed by atoms with Crippen molar-refractivity contribution in [2.45, 2.75) is 19.0 Å². The largest absolute Gasteiger partial charge is 0.480 e.